The Morgan fingerprint density at radius 3 is 2.78 bits per heavy atom. The molecule has 1 aromatic rings. The zero-order valence-corrected chi connectivity index (χ0v) is 11.1. The van der Waals surface area contributed by atoms with Crippen LogP contribution < -0.4 is 4.89 Å². The average molecular weight is 291 g/mol. The molecule has 0 bridgehead atoms. The highest BCUT2D eigenvalue weighted by Crippen LogP contribution is 2.20. The monoisotopic (exact) mass is 290 g/mol. The van der Waals surface area contributed by atoms with Gasteiger partial charge in [-0.05, 0) is 18.2 Å². The zero-order chi connectivity index (χ0) is 13.6. The first-order chi connectivity index (χ1) is 8.51. The van der Waals surface area contributed by atoms with Crippen molar-refractivity contribution in [2.75, 3.05) is 20.3 Å². The van der Waals surface area contributed by atoms with E-state index in [1.807, 2.05) is 4.89 Å². The molecule has 98 valence electrons. The van der Waals surface area contributed by atoms with Gasteiger partial charge in [-0.1, -0.05) is 16.5 Å². The van der Waals surface area contributed by atoms with E-state index in [0.717, 1.165) is 0 Å². The third kappa shape index (κ3) is 3.94. The van der Waals surface area contributed by atoms with Gasteiger partial charge in [-0.3, -0.25) is 4.84 Å². The molecule has 0 amide bonds. The Morgan fingerprint density at radius 1 is 1.44 bits per heavy atom. The molecule has 0 fully saturated rings. The number of halogens is 1. The summed E-state index contributed by atoms with van der Waals surface area (Å²) >= 11 is 5.70. The van der Waals surface area contributed by atoms with Crippen molar-refractivity contribution >= 4 is 21.6 Å². The molecule has 0 aromatic heterocycles. The van der Waals surface area contributed by atoms with Gasteiger partial charge < -0.3 is 4.74 Å². The van der Waals surface area contributed by atoms with Gasteiger partial charge in [-0.25, -0.2) is 8.42 Å². The molecule has 0 saturated heterocycles. The number of hydrogen-bond acceptors (Lipinski definition) is 5. The zero-order valence-electron chi connectivity index (χ0n) is 9.51. The van der Waals surface area contributed by atoms with Crippen LogP contribution in [-0.4, -0.2) is 28.7 Å². The molecule has 1 rings (SSSR count). The van der Waals surface area contributed by atoms with Gasteiger partial charge >= 0.3 is 0 Å². The molecule has 0 atom stereocenters. The van der Waals surface area contributed by atoms with E-state index < -0.39 is 10.0 Å². The van der Waals surface area contributed by atoms with Crippen molar-refractivity contribution < 1.29 is 18.0 Å². The van der Waals surface area contributed by atoms with Crippen molar-refractivity contribution in [3.8, 4) is 6.07 Å². The van der Waals surface area contributed by atoms with Crippen molar-refractivity contribution in [2.45, 2.75) is 4.90 Å². The van der Waals surface area contributed by atoms with Gasteiger partial charge in [-0.15, -0.1) is 0 Å². The van der Waals surface area contributed by atoms with Crippen molar-refractivity contribution in [2.24, 2.45) is 0 Å². The number of methoxy groups -OCH3 is 1. The molecular formula is C10H11ClN2O4S. The van der Waals surface area contributed by atoms with Gasteiger partial charge in [0.2, 0.25) is 0 Å². The number of sulfonamides is 1. The molecule has 1 N–H and O–H groups in total. The molecule has 0 aliphatic rings. The van der Waals surface area contributed by atoms with Crippen LogP contribution in [0.2, 0.25) is 5.02 Å². The van der Waals surface area contributed by atoms with Crippen LogP contribution in [0.3, 0.4) is 0 Å². The Morgan fingerprint density at radius 2 is 2.17 bits per heavy atom. The largest absolute Gasteiger partial charge is 0.382 e. The number of ether oxygens (including phenoxy) is 1. The summed E-state index contributed by atoms with van der Waals surface area (Å²) in [6.45, 7) is 0.293. The van der Waals surface area contributed by atoms with E-state index in [0.29, 0.717) is 0 Å². The Hall–Kier alpha value is -1.17. The van der Waals surface area contributed by atoms with Gasteiger partial charge in [0.25, 0.3) is 10.0 Å². The van der Waals surface area contributed by atoms with Crippen molar-refractivity contribution in [3.05, 3.63) is 28.8 Å². The fraction of sp³-hybridized carbons (Fsp3) is 0.300. The van der Waals surface area contributed by atoms with E-state index in [-0.39, 0.29) is 28.7 Å². The Balaban J connectivity index is 2.91. The van der Waals surface area contributed by atoms with E-state index in [1.54, 1.807) is 6.07 Å². The van der Waals surface area contributed by atoms with Crippen LogP contribution >= 0.6 is 11.6 Å². The lowest BCUT2D eigenvalue weighted by molar-refractivity contribution is 0.0438. The molecule has 0 aliphatic carbocycles. The molecule has 0 unspecified atom stereocenters. The minimum absolute atomic E-state index is 0.0118. The van der Waals surface area contributed by atoms with E-state index in [4.69, 9.17) is 26.4 Å². The van der Waals surface area contributed by atoms with Crippen LogP contribution in [0.25, 0.3) is 0 Å². The molecule has 0 radical (unpaired) electrons. The van der Waals surface area contributed by atoms with Crippen LogP contribution in [0.15, 0.2) is 23.1 Å². The summed E-state index contributed by atoms with van der Waals surface area (Å²) in [6, 6.07) is 5.72. The summed E-state index contributed by atoms with van der Waals surface area (Å²) in [7, 11) is -2.48. The van der Waals surface area contributed by atoms with Crippen LogP contribution in [0.1, 0.15) is 5.56 Å². The minimum Gasteiger partial charge on any atom is -0.382 e. The van der Waals surface area contributed by atoms with Gasteiger partial charge in [0.05, 0.1) is 18.8 Å². The Bertz CT molecular complexity index is 553. The first-order valence-corrected chi connectivity index (χ1v) is 6.69. The number of nitrogens with one attached hydrogen (secondary N) is 1. The highest BCUT2D eigenvalue weighted by atomic mass is 35.5. The third-order valence-electron chi connectivity index (χ3n) is 1.91. The van der Waals surface area contributed by atoms with Gasteiger partial charge in [0, 0.05) is 12.1 Å². The maximum atomic E-state index is 11.8. The maximum absolute atomic E-state index is 11.8. The number of rotatable bonds is 6. The number of nitriles is 1. The number of nitrogens with zero attached hydrogens (tertiary/aromatic N) is 1. The van der Waals surface area contributed by atoms with Gasteiger partial charge in [0.15, 0.2) is 0 Å². The molecule has 0 heterocycles. The topological polar surface area (TPSA) is 88.4 Å². The molecule has 0 saturated carbocycles. The maximum Gasteiger partial charge on any atom is 0.263 e. The molecule has 1 aromatic carbocycles. The fourth-order valence-electron chi connectivity index (χ4n) is 1.10. The molecule has 18 heavy (non-hydrogen) atoms. The van der Waals surface area contributed by atoms with Crippen molar-refractivity contribution in [1.29, 1.82) is 5.26 Å². The summed E-state index contributed by atoms with van der Waals surface area (Å²) in [5.74, 6) is 0. The number of benzene rings is 1. The first-order valence-electron chi connectivity index (χ1n) is 4.83. The fourth-order valence-corrected chi connectivity index (χ4v) is 2.35. The predicted octanol–water partition coefficient (Wildman–Crippen LogP) is 1.07. The summed E-state index contributed by atoms with van der Waals surface area (Å²) < 4.78 is 28.4. The van der Waals surface area contributed by atoms with Crippen molar-refractivity contribution in [3.63, 3.8) is 0 Å². The summed E-state index contributed by atoms with van der Waals surface area (Å²) in [5.41, 5.74) is -0.0118. The van der Waals surface area contributed by atoms with Crippen LogP contribution in [0.5, 0.6) is 0 Å². The average Bonchev–Trinajstić information content (AvgIpc) is 2.35. The highest BCUT2D eigenvalue weighted by Gasteiger charge is 2.19. The Kier molecular flexibility index (Phi) is 5.53. The second-order valence-electron chi connectivity index (χ2n) is 3.18. The minimum atomic E-state index is -3.94. The molecular weight excluding hydrogens is 280 g/mol. The van der Waals surface area contributed by atoms with E-state index in [9.17, 15) is 8.42 Å². The summed E-state index contributed by atoms with van der Waals surface area (Å²) in [6.07, 6.45) is 0. The summed E-state index contributed by atoms with van der Waals surface area (Å²) in [4.78, 5) is 6.38. The second-order valence-corrected chi connectivity index (χ2v) is 5.23. The standard InChI is InChI=1S/C10H11ClN2O4S/c1-16-4-5-17-13-18(14,15)10-6-9(11)3-2-8(10)7-12/h2-3,6,13H,4-5H2,1H3. The van der Waals surface area contributed by atoms with Gasteiger partial charge in [0.1, 0.15) is 11.0 Å². The normalized spacial score (nSPS) is 11.2. The third-order valence-corrected chi connectivity index (χ3v) is 3.40. The smallest absolute Gasteiger partial charge is 0.263 e. The van der Waals surface area contributed by atoms with E-state index in [1.165, 1.54) is 25.3 Å². The molecule has 8 heteroatoms. The van der Waals surface area contributed by atoms with Crippen LogP contribution in [0, 0.1) is 11.3 Å². The summed E-state index contributed by atoms with van der Waals surface area (Å²) in [5, 5.41) is 9.05. The van der Waals surface area contributed by atoms with E-state index >= 15 is 0 Å². The SMILES string of the molecule is COCCONS(=O)(=O)c1cc(Cl)ccc1C#N. The second kappa shape index (κ2) is 6.68. The van der Waals surface area contributed by atoms with Crippen molar-refractivity contribution in [1.82, 2.24) is 4.89 Å². The van der Waals surface area contributed by atoms with E-state index in [2.05, 4.69) is 0 Å². The van der Waals surface area contributed by atoms with Gasteiger partial charge in [-0.2, -0.15) is 5.26 Å². The molecule has 6 nitrogen and oxygen atoms in total. The lowest BCUT2D eigenvalue weighted by atomic mass is 10.2. The predicted molar refractivity (Wildman–Crippen MR) is 64.3 cm³/mol. The molecule has 0 aliphatic heterocycles. The lowest BCUT2D eigenvalue weighted by Crippen LogP contribution is -2.26. The quantitative estimate of drug-likeness (QED) is 0.625. The highest BCUT2D eigenvalue weighted by molar-refractivity contribution is 7.89. The lowest BCUT2D eigenvalue weighted by Gasteiger charge is -2.08. The Labute approximate surface area is 110 Å². The van der Waals surface area contributed by atoms with Crippen LogP contribution in [0.4, 0.5) is 0 Å². The number of hydrogen-bond donors (Lipinski definition) is 1. The molecule has 0 spiro atoms. The first kappa shape index (κ1) is 14.9. The van der Waals surface area contributed by atoms with Crippen LogP contribution in [-0.2, 0) is 19.6 Å².